The fraction of sp³-hybridized carbons (Fsp3) is 0.118. The van der Waals surface area contributed by atoms with E-state index < -0.39 is 0 Å². The largest absolute Gasteiger partial charge is 0.378 e. The summed E-state index contributed by atoms with van der Waals surface area (Å²) in [5.74, 6) is 0. The minimum atomic E-state index is 0.985. The molecule has 0 amide bonds. The van der Waals surface area contributed by atoms with Crippen molar-refractivity contribution >= 4 is 28.3 Å². The van der Waals surface area contributed by atoms with Crippen LogP contribution in [0, 0.1) is 3.57 Å². The first-order valence-corrected chi connectivity index (χ1v) is 7.79. The van der Waals surface area contributed by atoms with E-state index in [0.29, 0.717) is 0 Å². The van der Waals surface area contributed by atoms with E-state index in [0.717, 1.165) is 16.9 Å². The van der Waals surface area contributed by atoms with Gasteiger partial charge in [0.05, 0.1) is 12.0 Å². The summed E-state index contributed by atoms with van der Waals surface area (Å²) in [6.07, 6.45) is 3.92. The summed E-state index contributed by atoms with van der Waals surface area (Å²) in [5, 5.41) is 0. The first-order valence-electron chi connectivity index (χ1n) is 6.71. The number of nitrogens with zero attached hydrogens (tertiary/aromatic N) is 3. The lowest BCUT2D eigenvalue weighted by Gasteiger charge is -2.12. The quantitative estimate of drug-likeness (QED) is 0.626. The molecule has 0 unspecified atom stereocenters. The fourth-order valence-electron chi connectivity index (χ4n) is 2.16. The number of benzene rings is 2. The third-order valence-electron chi connectivity index (χ3n) is 3.39. The number of hydrogen-bond acceptors (Lipinski definition) is 2. The third-order valence-corrected chi connectivity index (χ3v) is 4.11. The van der Waals surface area contributed by atoms with Gasteiger partial charge >= 0.3 is 0 Å². The molecule has 0 spiro atoms. The van der Waals surface area contributed by atoms with Gasteiger partial charge in [-0.3, -0.25) is 0 Å². The molecule has 0 aliphatic rings. The van der Waals surface area contributed by atoms with Gasteiger partial charge in [-0.25, -0.2) is 4.98 Å². The van der Waals surface area contributed by atoms with Gasteiger partial charge in [-0.2, -0.15) is 0 Å². The molecule has 0 bridgehead atoms. The Labute approximate surface area is 138 Å². The molecule has 3 aromatic rings. The van der Waals surface area contributed by atoms with Gasteiger partial charge in [0.1, 0.15) is 0 Å². The molecule has 21 heavy (non-hydrogen) atoms. The molecule has 106 valence electrons. The number of anilines is 1. The number of imidazole rings is 1. The Balaban J connectivity index is 1.89. The minimum Gasteiger partial charge on any atom is -0.378 e. The van der Waals surface area contributed by atoms with Crippen molar-refractivity contribution in [3.05, 3.63) is 64.6 Å². The van der Waals surface area contributed by atoms with Gasteiger partial charge in [0.15, 0.2) is 0 Å². The highest BCUT2D eigenvalue weighted by atomic mass is 127. The highest BCUT2D eigenvalue weighted by Crippen LogP contribution is 2.22. The van der Waals surface area contributed by atoms with E-state index in [-0.39, 0.29) is 0 Å². The predicted octanol–water partition coefficient (Wildman–Crippen LogP) is 4.21. The number of rotatable bonds is 3. The molecule has 3 nitrogen and oxygen atoms in total. The lowest BCUT2D eigenvalue weighted by molar-refractivity contribution is 1.06. The summed E-state index contributed by atoms with van der Waals surface area (Å²) in [4.78, 5) is 6.60. The number of halogens is 1. The molecule has 2 aromatic carbocycles. The summed E-state index contributed by atoms with van der Waals surface area (Å²) < 4.78 is 3.28. The lowest BCUT2D eigenvalue weighted by Crippen LogP contribution is -2.07. The predicted molar refractivity (Wildman–Crippen MR) is 96.0 cm³/mol. The molecular weight excluding hydrogens is 373 g/mol. The first kappa shape index (κ1) is 14.1. The van der Waals surface area contributed by atoms with Gasteiger partial charge in [-0.1, -0.05) is 12.1 Å². The van der Waals surface area contributed by atoms with E-state index in [1.54, 1.807) is 0 Å². The van der Waals surface area contributed by atoms with Crippen molar-refractivity contribution in [2.24, 2.45) is 0 Å². The number of aromatic nitrogens is 2. The summed E-state index contributed by atoms with van der Waals surface area (Å²) >= 11 is 2.31. The maximum atomic E-state index is 4.51. The van der Waals surface area contributed by atoms with Gasteiger partial charge < -0.3 is 9.47 Å². The molecule has 0 atom stereocenters. The van der Waals surface area contributed by atoms with Crippen LogP contribution >= 0.6 is 22.6 Å². The molecule has 3 rings (SSSR count). The van der Waals surface area contributed by atoms with Crippen LogP contribution in [0.1, 0.15) is 0 Å². The molecule has 0 saturated heterocycles. The summed E-state index contributed by atoms with van der Waals surface area (Å²) in [7, 11) is 4.08. The monoisotopic (exact) mass is 389 g/mol. The zero-order valence-electron chi connectivity index (χ0n) is 12.0. The second-order valence-electron chi connectivity index (χ2n) is 5.08. The number of hydrogen-bond donors (Lipinski definition) is 0. The lowest BCUT2D eigenvalue weighted by atomic mass is 10.1. The minimum absolute atomic E-state index is 0.985. The Morgan fingerprint density at radius 1 is 0.952 bits per heavy atom. The van der Waals surface area contributed by atoms with Crippen molar-refractivity contribution in [2.45, 2.75) is 0 Å². The maximum Gasteiger partial charge on any atom is 0.0999 e. The molecule has 1 aromatic heterocycles. The molecule has 0 fully saturated rings. The van der Waals surface area contributed by atoms with E-state index in [1.165, 1.54) is 9.26 Å². The molecule has 0 N–H and O–H groups in total. The standard InChI is InChI=1S/C17H16IN3/c1-20(2)15-7-3-13(4-8-15)17-11-21(12-19-17)16-9-5-14(18)6-10-16/h3-12H,1-2H3. The smallest absolute Gasteiger partial charge is 0.0999 e. The van der Waals surface area contributed by atoms with E-state index in [2.05, 4.69) is 87.2 Å². The first-order chi connectivity index (χ1) is 10.1. The van der Waals surface area contributed by atoms with Crippen LogP contribution in [0.15, 0.2) is 61.1 Å². The Hall–Kier alpha value is -1.82. The molecule has 0 aliphatic carbocycles. The molecule has 4 heteroatoms. The van der Waals surface area contributed by atoms with Crippen LogP contribution in [0.5, 0.6) is 0 Å². The highest BCUT2D eigenvalue weighted by molar-refractivity contribution is 14.1. The fourth-order valence-corrected chi connectivity index (χ4v) is 2.52. The van der Waals surface area contributed by atoms with E-state index in [4.69, 9.17) is 0 Å². The van der Waals surface area contributed by atoms with Gasteiger partial charge in [0, 0.05) is 40.8 Å². The van der Waals surface area contributed by atoms with Crippen LogP contribution in [-0.4, -0.2) is 23.6 Å². The van der Waals surface area contributed by atoms with E-state index in [9.17, 15) is 0 Å². The van der Waals surface area contributed by atoms with Crippen LogP contribution in [0.2, 0.25) is 0 Å². The summed E-state index contributed by atoms with van der Waals surface area (Å²) in [6, 6.07) is 16.8. The molecule has 0 saturated carbocycles. The van der Waals surface area contributed by atoms with Crippen molar-refractivity contribution in [3.63, 3.8) is 0 Å². The van der Waals surface area contributed by atoms with Gasteiger partial charge in [-0.15, -0.1) is 0 Å². The van der Waals surface area contributed by atoms with Crippen molar-refractivity contribution in [2.75, 3.05) is 19.0 Å². The van der Waals surface area contributed by atoms with Crippen LogP contribution < -0.4 is 4.90 Å². The third kappa shape index (κ3) is 3.10. The van der Waals surface area contributed by atoms with Crippen molar-refractivity contribution < 1.29 is 0 Å². The molecule has 1 heterocycles. The average Bonchev–Trinajstić information content (AvgIpc) is 2.98. The normalized spacial score (nSPS) is 10.6. The van der Waals surface area contributed by atoms with Crippen molar-refractivity contribution in [1.82, 2.24) is 9.55 Å². The van der Waals surface area contributed by atoms with Crippen LogP contribution in [0.3, 0.4) is 0 Å². The van der Waals surface area contributed by atoms with Crippen LogP contribution in [0.25, 0.3) is 16.9 Å². The Bertz CT molecular complexity index is 727. The zero-order valence-corrected chi connectivity index (χ0v) is 14.2. The van der Waals surface area contributed by atoms with Crippen LogP contribution in [-0.2, 0) is 0 Å². The second kappa shape index (κ2) is 5.89. The second-order valence-corrected chi connectivity index (χ2v) is 6.33. The molecular formula is C17H16IN3. The zero-order chi connectivity index (χ0) is 14.8. The van der Waals surface area contributed by atoms with Crippen molar-refractivity contribution in [1.29, 1.82) is 0 Å². The van der Waals surface area contributed by atoms with E-state index in [1.807, 2.05) is 25.0 Å². The van der Waals surface area contributed by atoms with Gasteiger partial charge in [-0.05, 0) is 59.0 Å². The summed E-state index contributed by atoms with van der Waals surface area (Å²) in [5.41, 5.74) is 4.43. The SMILES string of the molecule is CN(C)c1ccc(-c2cn(-c3ccc(I)cc3)cn2)cc1. The Morgan fingerprint density at radius 3 is 2.24 bits per heavy atom. The molecule has 0 radical (unpaired) electrons. The summed E-state index contributed by atoms with van der Waals surface area (Å²) in [6.45, 7) is 0. The highest BCUT2D eigenvalue weighted by Gasteiger charge is 2.04. The van der Waals surface area contributed by atoms with Crippen LogP contribution in [0.4, 0.5) is 5.69 Å². The van der Waals surface area contributed by atoms with E-state index >= 15 is 0 Å². The Kier molecular flexibility index (Phi) is 3.96. The maximum absolute atomic E-state index is 4.51. The molecule has 0 aliphatic heterocycles. The van der Waals surface area contributed by atoms with Crippen molar-refractivity contribution in [3.8, 4) is 16.9 Å². The average molecular weight is 389 g/mol. The Morgan fingerprint density at radius 2 is 1.62 bits per heavy atom. The van der Waals surface area contributed by atoms with Gasteiger partial charge in [0.25, 0.3) is 0 Å². The topological polar surface area (TPSA) is 21.1 Å². The van der Waals surface area contributed by atoms with Gasteiger partial charge in [0.2, 0.25) is 0 Å².